The van der Waals surface area contributed by atoms with Crippen molar-refractivity contribution in [2.24, 2.45) is 0 Å². The van der Waals surface area contributed by atoms with Crippen molar-refractivity contribution >= 4 is 42.2 Å². The Kier molecular flexibility index (Phi) is 6.86. The van der Waals surface area contributed by atoms with E-state index >= 15 is 0 Å². The summed E-state index contributed by atoms with van der Waals surface area (Å²) in [4.78, 5) is 6.33. The highest BCUT2D eigenvalue weighted by Gasteiger charge is 2.56. The van der Waals surface area contributed by atoms with Crippen molar-refractivity contribution in [2.75, 3.05) is 12.5 Å². The molecule has 2 aromatic heterocycles. The number of aromatic nitrogens is 2. The summed E-state index contributed by atoms with van der Waals surface area (Å²) in [6, 6.07) is 6.44. The van der Waals surface area contributed by atoms with Gasteiger partial charge in [0.15, 0.2) is 30.3 Å². The molecule has 7 nitrogen and oxygen atoms in total. The lowest BCUT2D eigenvalue weighted by Crippen LogP contribution is -2.51. The van der Waals surface area contributed by atoms with Gasteiger partial charge >= 0.3 is 6.18 Å². The number of sulfone groups is 2. The summed E-state index contributed by atoms with van der Waals surface area (Å²) in [6.45, 7) is 2.82. The smallest absolute Gasteiger partial charge is 0.380 e. The Morgan fingerprint density at radius 3 is 2.20 bits per heavy atom. The van der Waals surface area contributed by atoms with Crippen LogP contribution in [-0.2, 0) is 31.5 Å². The normalized spacial score (nSPS) is 15.3. The number of aromatic amines is 1. The Balaban J connectivity index is 2.05. The average Bonchev–Trinajstić information content (AvgIpc) is 3.06. The van der Waals surface area contributed by atoms with Crippen molar-refractivity contribution in [3.63, 3.8) is 0 Å². The van der Waals surface area contributed by atoms with Crippen LogP contribution in [0.25, 0.3) is 10.9 Å². The van der Waals surface area contributed by atoms with Gasteiger partial charge in [0.1, 0.15) is 0 Å². The van der Waals surface area contributed by atoms with Gasteiger partial charge in [0.2, 0.25) is 0 Å². The molecule has 0 radical (unpaired) electrons. The van der Waals surface area contributed by atoms with Gasteiger partial charge in [-0.3, -0.25) is 0 Å². The van der Waals surface area contributed by atoms with Crippen molar-refractivity contribution in [3.05, 3.63) is 52.8 Å². The average molecular weight is 553 g/mol. The molecule has 2 N–H and O–H groups in total. The number of rotatable bonds is 7. The second-order valence-corrected chi connectivity index (χ2v) is 13.7. The van der Waals surface area contributed by atoms with Gasteiger partial charge in [-0.05, 0) is 41.7 Å². The van der Waals surface area contributed by atoms with Crippen molar-refractivity contribution in [3.8, 4) is 0 Å². The zero-order chi connectivity index (χ0) is 26.6. The van der Waals surface area contributed by atoms with Crippen LogP contribution in [0.4, 0.5) is 13.2 Å². The summed E-state index contributed by atoms with van der Waals surface area (Å²) in [7, 11) is -7.46. The van der Waals surface area contributed by atoms with Crippen molar-refractivity contribution in [1.82, 2.24) is 9.97 Å². The van der Waals surface area contributed by atoms with Crippen LogP contribution in [0, 0.1) is 0 Å². The van der Waals surface area contributed by atoms with Crippen LogP contribution in [0.2, 0.25) is 5.02 Å². The molecule has 0 saturated heterocycles. The van der Waals surface area contributed by atoms with E-state index in [1.165, 1.54) is 50.4 Å². The van der Waals surface area contributed by atoms with Gasteiger partial charge in [-0.15, -0.1) is 0 Å². The third kappa shape index (κ3) is 5.82. The maximum Gasteiger partial charge on any atom is 0.417 e. The lowest BCUT2D eigenvalue weighted by Gasteiger charge is -2.38. The number of aliphatic hydroxyl groups is 1. The molecule has 3 rings (SSSR count). The van der Waals surface area contributed by atoms with Crippen LogP contribution in [0.5, 0.6) is 0 Å². The molecule has 0 fully saturated rings. The molecule has 35 heavy (non-hydrogen) atoms. The molecule has 0 saturated carbocycles. The second-order valence-electron chi connectivity index (χ2n) is 9.36. The molecule has 13 heteroatoms. The Hall–Kier alpha value is -2.15. The fraction of sp³-hybridized carbons (Fsp3) is 0.409. The van der Waals surface area contributed by atoms with Crippen LogP contribution in [-0.4, -0.2) is 56.2 Å². The van der Waals surface area contributed by atoms with Crippen molar-refractivity contribution < 1.29 is 35.1 Å². The Morgan fingerprint density at radius 1 is 1.03 bits per heavy atom. The Labute approximate surface area is 206 Å². The number of H-pyrrole nitrogens is 1. The fourth-order valence-corrected chi connectivity index (χ4v) is 6.04. The minimum atomic E-state index is -5.07. The summed E-state index contributed by atoms with van der Waals surface area (Å²) < 4.78 is 90.7. The number of pyridine rings is 1. The number of hydrogen-bond donors (Lipinski definition) is 2. The Bertz CT molecular complexity index is 1500. The van der Waals surface area contributed by atoms with Gasteiger partial charge in [0.25, 0.3) is 0 Å². The van der Waals surface area contributed by atoms with Crippen molar-refractivity contribution in [1.29, 1.82) is 0 Å². The van der Waals surface area contributed by atoms with E-state index in [2.05, 4.69) is 9.97 Å². The molecule has 1 atom stereocenters. The molecule has 1 aromatic carbocycles. The highest BCUT2D eigenvalue weighted by molar-refractivity contribution is 7.91. The van der Waals surface area contributed by atoms with E-state index in [1.54, 1.807) is 0 Å². The topological polar surface area (TPSA) is 117 Å². The van der Waals surface area contributed by atoms with Crippen LogP contribution in [0.1, 0.15) is 31.5 Å². The first-order valence-electron chi connectivity index (χ1n) is 10.2. The molecular weight excluding hydrogens is 529 g/mol. The Morgan fingerprint density at radius 2 is 1.66 bits per heavy atom. The van der Waals surface area contributed by atoms with Crippen molar-refractivity contribution in [2.45, 2.75) is 53.8 Å². The standard InChI is InChI=1S/C22H24ClF3N2O5S2/c1-20(2,16-6-5-14(23)9-18(16)34(3,30)31)12-21(29,22(24,25)26)10-15-7-13-8-19(35(4,32)33)27-11-17(13)28-15/h5-9,11,28-29H,10,12H2,1-4H3. The molecule has 2 heterocycles. The van der Waals surface area contributed by atoms with E-state index in [-0.39, 0.29) is 26.2 Å². The fourth-order valence-electron chi connectivity index (χ4n) is 4.14. The first-order chi connectivity index (χ1) is 15.7. The molecule has 0 bridgehead atoms. The molecule has 192 valence electrons. The third-order valence-corrected chi connectivity index (χ3v) is 8.09. The van der Waals surface area contributed by atoms with E-state index < -0.39 is 49.7 Å². The molecule has 0 aliphatic rings. The second kappa shape index (κ2) is 8.75. The third-order valence-electron chi connectivity index (χ3n) is 5.73. The van der Waals surface area contributed by atoms with Crippen LogP contribution in [0.15, 0.2) is 46.5 Å². The lowest BCUT2D eigenvalue weighted by atomic mass is 9.73. The van der Waals surface area contributed by atoms with E-state index in [9.17, 15) is 35.1 Å². The van der Waals surface area contributed by atoms with Crippen LogP contribution in [0.3, 0.4) is 0 Å². The summed E-state index contributed by atoms with van der Waals surface area (Å²) in [5.41, 5.74) is -4.30. The number of nitrogens with one attached hydrogen (secondary N) is 1. The predicted molar refractivity (Wildman–Crippen MR) is 126 cm³/mol. The van der Waals surface area contributed by atoms with E-state index in [1.807, 2.05) is 0 Å². The van der Waals surface area contributed by atoms with E-state index in [0.717, 1.165) is 12.5 Å². The first-order valence-corrected chi connectivity index (χ1v) is 14.4. The number of alkyl halides is 3. The summed E-state index contributed by atoms with van der Waals surface area (Å²) >= 11 is 5.92. The zero-order valence-corrected chi connectivity index (χ0v) is 21.6. The molecule has 3 aromatic rings. The number of hydrogen-bond acceptors (Lipinski definition) is 6. The number of benzene rings is 1. The quantitative estimate of drug-likeness (QED) is 0.453. The minimum absolute atomic E-state index is 0.00233. The SMILES string of the molecule is CC(C)(CC(O)(Cc1cc2cc(S(C)(=O)=O)ncc2[nH]1)C(F)(F)F)c1ccc(Cl)cc1S(C)(=O)=O. The van der Waals surface area contributed by atoms with Crippen LogP contribution >= 0.6 is 11.6 Å². The number of fused-ring (bicyclic) bond motifs is 1. The van der Waals surface area contributed by atoms with Gasteiger partial charge in [-0.2, -0.15) is 13.2 Å². The van der Waals surface area contributed by atoms with Gasteiger partial charge in [0.05, 0.1) is 16.6 Å². The molecule has 0 amide bonds. The van der Waals surface area contributed by atoms with E-state index in [4.69, 9.17) is 11.6 Å². The lowest BCUT2D eigenvalue weighted by molar-refractivity contribution is -0.266. The zero-order valence-electron chi connectivity index (χ0n) is 19.2. The largest absolute Gasteiger partial charge is 0.417 e. The number of halogens is 4. The van der Waals surface area contributed by atoms with Gasteiger partial charge in [-0.25, -0.2) is 21.8 Å². The van der Waals surface area contributed by atoms with E-state index in [0.29, 0.717) is 10.9 Å². The highest BCUT2D eigenvalue weighted by atomic mass is 35.5. The highest BCUT2D eigenvalue weighted by Crippen LogP contribution is 2.44. The monoisotopic (exact) mass is 552 g/mol. The minimum Gasteiger partial charge on any atom is -0.380 e. The molecule has 0 aliphatic heterocycles. The summed E-state index contributed by atoms with van der Waals surface area (Å²) in [5.74, 6) is 0. The maximum absolute atomic E-state index is 14.2. The number of nitrogens with zero attached hydrogens (tertiary/aromatic N) is 1. The van der Waals surface area contributed by atoms with Crippen LogP contribution < -0.4 is 0 Å². The van der Waals surface area contributed by atoms with Gasteiger partial charge in [-0.1, -0.05) is 31.5 Å². The molecule has 0 spiro atoms. The maximum atomic E-state index is 14.2. The van der Waals surface area contributed by atoms with Gasteiger partial charge < -0.3 is 10.1 Å². The molecule has 1 unspecified atom stereocenters. The first kappa shape index (κ1) is 27.4. The molecular formula is C22H24ClF3N2O5S2. The van der Waals surface area contributed by atoms with Gasteiger partial charge in [0, 0.05) is 35.0 Å². The summed E-state index contributed by atoms with van der Waals surface area (Å²) in [6.07, 6.45) is -3.74. The summed E-state index contributed by atoms with van der Waals surface area (Å²) in [5, 5.41) is 11.1. The molecule has 0 aliphatic carbocycles. The predicted octanol–water partition coefficient (Wildman–Crippen LogP) is 4.23.